The van der Waals surface area contributed by atoms with E-state index < -0.39 is 6.10 Å². The molecule has 0 aliphatic rings. The molecule has 0 aliphatic carbocycles. The monoisotopic (exact) mass is 305 g/mol. The molecular formula is C17H20ClNO2. The molecule has 0 bridgehead atoms. The average molecular weight is 306 g/mol. The lowest BCUT2D eigenvalue weighted by atomic mass is 10.1. The van der Waals surface area contributed by atoms with Crippen molar-refractivity contribution in [1.29, 1.82) is 0 Å². The molecule has 0 aliphatic heterocycles. The maximum absolute atomic E-state index is 10.2. The van der Waals surface area contributed by atoms with Gasteiger partial charge in [0, 0.05) is 23.2 Å². The standard InChI is InChI=1S/C17H20ClNO2/c1-12(13-6-5-7-14(10-13)21-2)19-11-17(20)15-8-3-4-9-16(15)18/h3-10,12,17,19-20H,11H2,1-2H3/t12-,17?/m0/s1. The Bertz CT molecular complexity index is 589. The van der Waals surface area contributed by atoms with Gasteiger partial charge in [-0.05, 0) is 30.7 Å². The molecule has 0 fully saturated rings. The molecule has 0 spiro atoms. The summed E-state index contributed by atoms with van der Waals surface area (Å²) < 4.78 is 5.22. The largest absolute Gasteiger partial charge is 0.497 e. The van der Waals surface area contributed by atoms with Crippen LogP contribution in [0.2, 0.25) is 5.02 Å². The van der Waals surface area contributed by atoms with Crippen LogP contribution < -0.4 is 10.1 Å². The zero-order valence-corrected chi connectivity index (χ0v) is 13.0. The lowest BCUT2D eigenvalue weighted by Crippen LogP contribution is -2.24. The molecular weight excluding hydrogens is 286 g/mol. The van der Waals surface area contributed by atoms with Gasteiger partial charge in [0.15, 0.2) is 0 Å². The maximum atomic E-state index is 10.2. The molecule has 0 radical (unpaired) electrons. The summed E-state index contributed by atoms with van der Waals surface area (Å²) in [5.74, 6) is 0.827. The van der Waals surface area contributed by atoms with Crippen LogP contribution in [0.15, 0.2) is 48.5 Å². The summed E-state index contributed by atoms with van der Waals surface area (Å²) in [5.41, 5.74) is 1.85. The highest BCUT2D eigenvalue weighted by Gasteiger charge is 2.13. The molecule has 112 valence electrons. The summed E-state index contributed by atoms with van der Waals surface area (Å²) in [7, 11) is 1.65. The summed E-state index contributed by atoms with van der Waals surface area (Å²) in [5, 5.41) is 14.1. The highest BCUT2D eigenvalue weighted by molar-refractivity contribution is 6.31. The lowest BCUT2D eigenvalue weighted by Gasteiger charge is -2.19. The molecule has 0 saturated heterocycles. The second-order valence-corrected chi connectivity index (χ2v) is 5.35. The van der Waals surface area contributed by atoms with Gasteiger partial charge in [0.1, 0.15) is 5.75 Å². The molecule has 1 unspecified atom stereocenters. The van der Waals surface area contributed by atoms with Crippen LogP contribution in [0.25, 0.3) is 0 Å². The third-order valence-corrected chi connectivity index (χ3v) is 3.82. The number of nitrogens with one attached hydrogen (secondary N) is 1. The van der Waals surface area contributed by atoms with Crippen LogP contribution in [0.4, 0.5) is 0 Å². The van der Waals surface area contributed by atoms with Gasteiger partial charge in [0.25, 0.3) is 0 Å². The minimum absolute atomic E-state index is 0.109. The predicted molar refractivity (Wildman–Crippen MR) is 85.8 cm³/mol. The average Bonchev–Trinajstić information content (AvgIpc) is 2.52. The summed E-state index contributed by atoms with van der Waals surface area (Å²) in [6.45, 7) is 2.48. The molecule has 2 N–H and O–H groups in total. The van der Waals surface area contributed by atoms with Gasteiger partial charge in [-0.2, -0.15) is 0 Å². The number of benzene rings is 2. The Labute approximate surface area is 130 Å². The lowest BCUT2D eigenvalue weighted by molar-refractivity contribution is 0.171. The predicted octanol–water partition coefficient (Wildman–Crippen LogP) is 3.73. The third kappa shape index (κ3) is 4.21. The van der Waals surface area contributed by atoms with Gasteiger partial charge < -0.3 is 15.2 Å². The minimum Gasteiger partial charge on any atom is -0.497 e. The van der Waals surface area contributed by atoms with E-state index in [9.17, 15) is 5.11 Å². The van der Waals surface area contributed by atoms with Crippen LogP contribution in [0.5, 0.6) is 5.75 Å². The molecule has 0 amide bonds. The third-order valence-electron chi connectivity index (χ3n) is 3.48. The van der Waals surface area contributed by atoms with Crippen molar-refractivity contribution in [3.05, 3.63) is 64.7 Å². The Morgan fingerprint density at radius 1 is 1.19 bits per heavy atom. The van der Waals surface area contributed by atoms with Crippen molar-refractivity contribution < 1.29 is 9.84 Å². The molecule has 2 aromatic carbocycles. The van der Waals surface area contributed by atoms with Gasteiger partial charge in [-0.15, -0.1) is 0 Å². The molecule has 2 aromatic rings. The normalized spacial score (nSPS) is 13.7. The highest BCUT2D eigenvalue weighted by Crippen LogP contribution is 2.23. The van der Waals surface area contributed by atoms with E-state index in [0.29, 0.717) is 11.6 Å². The molecule has 21 heavy (non-hydrogen) atoms. The summed E-state index contributed by atoms with van der Waals surface area (Å²) in [6.07, 6.45) is -0.633. The van der Waals surface area contributed by atoms with Crippen LogP contribution in [0, 0.1) is 0 Å². The second kappa shape index (κ2) is 7.46. The van der Waals surface area contributed by atoms with E-state index in [4.69, 9.17) is 16.3 Å². The highest BCUT2D eigenvalue weighted by atomic mass is 35.5. The summed E-state index contributed by atoms with van der Waals surface area (Å²) in [4.78, 5) is 0. The molecule has 3 nitrogen and oxygen atoms in total. The van der Waals surface area contributed by atoms with Crippen molar-refractivity contribution in [2.24, 2.45) is 0 Å². The zero-order chi connectivity index (χ0) is 15.2. The molecule has 2 rings (SSSR count). The Hall–Kier alpha value is -1.55. The molecule has 0 heterocycles. The van der Waals surface area contributed by atoms with Crippen molar-refractivity contribution in [3.8, 4) is 5.75 Å². The first-order valence-corrected chi connectivity index (χ1v) is 7.29. The minimum atomic E-state index is -0.633. The van der Waals surface area contributed by atoms with Crippen molar-refractivity contribution in [2.75, 3.05) is 13.7 Å². The van der Waals surface area contributed by atoms with E-state index >= 15 is 0 Å². The van der Waals surface area contributed by atoms with Crippen LogP contribution in [-0.4, -0.2) is 18.8 Å². The van der Waals surface area contributed by atoms with E-state index in [0.717, 1.165) is 16.9 Å². The molecule has 0 saturated carbocycles. The summed E-state index contributed by atoms with van der Waals surface area (Å²) in [6, 6.07) is 15.3. The number of hydrogen-bond donors (Lipinski definition) is 2. The maximum Gasteiger partial charge on any atom is 0.119 e. The zero-order valence-electron chi connectivity index (χ0n) is 12.2. The quantitative estimate of drug-likeness (QED) is 0.854. The number of aliphatic hydroxyl groups excluding tert-OH is 1. The number of rotatable bonds is 6. The number of aliphatic hydroxyl groups is 1. The van der Waals surface area contributed by atoms with Crippen LogP contribution >= 0.6 is 11.6 Å². The Balaban J connectivity index is 1.97. The fraction of sp³-hybridized carbons (Fsp3) is 0.294. The fourth-order valence-corrected chi connectivity index (χ4v) is 2.43. The van der Waals surface area contributed by atoms with E-state index in [1.54, 1.807) is 13.2 Å². The van der Waals surface area contributed by atoms with Gasteiger partial charge in [0.2, 0.25) is 0 Å². The SMILES string of the molecule is COc1cccc([C@H](C)NCC(O)c2ccccc2Cl)c1. The molecule has 4 heteroatoms. The molecule has 0 aromatic heterocycles. The Morgan fingerprint density at radius 2 is 1.95 bits per heavy atom. The van der Waals surface area contributed by atoms with Crippen LogP contribution in [0.1, 0.15) is 30.2 Å². The fourth-order valence-electron chi connectivity index (χ4n) is 2.17. The van der Waals surface area contributed by atoms with Gasteiger partial charge in [-0.1, -0.05) is 41.9 Å². The first-order valence-electron chi connectivity index (χ1n) is 6.91. The first-order chi connectivity index (χ1) is 10.1. The molecule has 2 atom stereocenters. The summed E-state index contributed by atoms with van der Waals surface area (Å²) >= 11 is 6.09. The smallest absolute Gasteiger partial charge is 0.119 e. The topological polar surface area (TPSA) is 41.5 Å². The van der Waals surface area contributed by atoms with E-state index in [2.05, 4.69) is 5.32 Å². The number of ether oxygens (including phenoxy) is 1. The van der Waals surface area contributed by atoms with Crippen LogP contribution in [0.3, 0.4) is 0 Å². The van der Waals surface area contributed by atoms with Gasteiger partial charge in [0.05, 0.1) is 13.2 Å². The van der Waals surface area contributed by atoms with Crippen molar-refractivity contribution in [3.63, 3.8) is 0 Å². The number of hydrogen-bond acceptors (Lipinski definition) is 3. The first kappa shape index (κ1) is 15.8. The van der Waals surface area contributed by atoms with Gasteiger partial charge >= 0.3 is 0 Å². The number of halogens is 1. The van der Waals surface area contributed by atoms with E-state index in [-0.39, 0.29) is 6.04 Å². The van der Waals surface area contributed by atoms with E-state index in [1.165, 1.54) is 0 Å². The van der Waals surface area contributed by atoms with Crippen molar-refractivity contribution in [2.45, 2.75) is 19.1 Å². The van der Waals surface area contributed by atoms with Gasteiger partial charge in [-0.25, -0.2) is 0 Å². The second-order valence-electron chi connectivity index (χ2n) is 4.94. The van der Waals surface area contributed by atoms with Crippen molar-refractivity contribution in [1.82, 2.24) is 5.32 Å². The van der Waals surface area contributed by atoms with E-state index in [1.807, 2.05) is 49.4 Å². The Morgan fingerprint density at radius 3 is 2.67 bits per heavy atom. The number of methoxy groups -OCH3 is 1. The van der Waals surface area contributed by atoms with Crippen LogP contribution in [-0.2, 0) is 0 Å². The van der Waals surface area contributed by atoms with Gasteiger partial charge in [-0.3, -0.25) is 0 Å². The van der Waals surface area contributed by atoms with Crippen molar-refractivity contribution >= 4 is 11.6 Å². The Kier molecular flexibility index (Phi) is 5.62.